The number of rotatable bonds is 0. The molecule has 0 radical (unpaired) electrons. The molecule has 1 N–H and O–H groups in total. The summed E-state index contributed by atoms with van der Waals surface area (Å²) in [6, 6.07) is 0.0579. The lowest BCUT2D eigenvalue weighted by atomic mass is 10.1. The van der Waals surface area contributed by atoms with Gasteiger partial charge in [-0.15, -0.1) is 0 Å². The maximum Gasteiger partial charge on any atom is 0.0793 e. The molecule has 0 aromatic rings. The van der Waals surface area contributed by atoms with E-state index >= 15 is 0 Å². The topological polar surface area (TPSA) is 47.6 Å². The number of nitrogens with zero attached hydrogens (tertiary/aromatic N) is 1. The van der Waals surface area contributed by atoms with E-state index in [1.54, 1.807) is 6.08 Å². The number of hydrogen-bond acceptors (Lipinski definition) is 4. The number of hydroxylamine groups is 3. The Morgan fingerprint density at radius 3 is 3.50 bits per heavy atom. The van der Waals surface area contributed by atoms with Gasteiger partial charge in [0.1, 0.15) is 0 Å². The maximum atomic E-state index is 10.7. The quantitative estimate of drug-likeness (QED) is 0.529. The zero-order valence-corrected chi connectivity index (χ0v) is 5.28. The van der Waals surface area contributed by atoms with Crippen molar-refractivity contribution in [2.75, 3.05) is 0 Å². The Balaban J connectivity index is 2.25. The van der Waals surface area contributed by atoms with Crippen molar-refractivity contribution < 1.29 is 4.94 Å². The Kier molecular flexibility index (Phi) is 1.23. The molecule has 2 aliphatic rings. The van der Waals surface area contributed by atoms with E-state index in [-0.39, 0.29) is 6.04 Å². The fourth-order valence-corrected chi connectivity index (χ4v) is 1.08. The second kappa shape index (κ2) is 2.09. The highest BCUT2D eigenvalue weighted by atomic mass is 17.0. The third kappa shape index (κ3) is 0.740. The fourth-order valence-electron chi connectivity index (χ4n) is 1.08. The van der Waals surface area contributed by atoms with Gasteiger partial charge in [0.25, 0.3) is 0 Å². The summed E-state index contributed by atoms with van der Waals surface area (Å²) in [6.07, 6.45) is 6.42. The lowest BCUT2D eigenvalue weighted by molar-refractivity contribution is -0.111. The fraction of sp³-hybridized carbons (Fsp3) is 0.333. The average Bonchev–Trinajstić information content (AvgIpc) is 2.34. The zero-order chi connectivity index (χ0) is 6.97. The van der Waals surface area contributed by atoms with Crippen LogP contribution in [0.2, 0.25) is 0 Å². The molecular weight excluding hydrogens is 132 g/mol. The van der Waals surface area contributed by atoms with Gasteiger partial charge in [0.2, 0.25) is 0 Å². The predicted octanol–water partition coefficient (Wildman–Crippen LogP) is 0.448. The predicted molar refractivity (Wildman–Crippen MR) is 35.1 cm³/mol. The summed E-state index contributed by atoms with van der Waals surface area (Å²) in [4.78, 5) is 4.52. The monoisotopic (exact) mass is 139 g/mol. The highest BCUT2D eigenvalue weighted by molar-refractivity contribution is 5.23. The SMILES string of the molecule is [O-]N1ONC2CC=CC=C21. The van der Waals surface area contributed by atoms with Crippen LogP contribution in [0.1, 0.15) is 6.42 Å². The maximum absolute atomic E-state index is 10.7. The molecule has 1 aliphatic heterocycles. The number of allylic oxidation sites excluding steroid dienone is 2. The third-order valence-corrected chi connectivity index (χ3v) is 1.62. The molecule has 4 nitrogen and oxygen atoms in total. The number of nitrogens with one attached hydrogen (secondary N) is 1. The van der Waals surface area contributed by atoms with E-state index in [0.717, 1.165) is 6.42 Å². The molecule has 1 aliphatic carbocycles. The Morgan fingerprint density at radius 1 is 1.80 bits per heavy atom. The van der Waals surface area contributed by atoms with Crippen LogP contribution in [0.5, 0.6) is 0 Å². The Hall–Kier alpha value is -0.840. The van der Waals surface area contributed by atoms with Crippen molar-refractivity contribution in [2.45, 2.75) is 12.5 Å². The summed E-state index contributed by atoms with van der Waals surface area (Å²) in [5.74, 6) is 0. The average molecular weight is 139 g/mol. The lowest BCUT2D eigenvalue weighted by Gasteiger charge is -2.22. The Bertz CT molecular complexity index is 200. The standard InChI is InChI=1S/C6H7N2O2/c9-8-6-4-2-1-3-5(6)7-10-8/h1-2,4-5,7H,3H2/q-1. The highest BCUT2D eigenvalue weighted by Crippen LogP contribution is 2.21. The van der Waals surface area contributed by atoms with E-state index in [9.17, 15) is 5.21 Å². The van der Waals surface area contributed by atoms with Gasteiger partial charge in [0.05, 0.1) is 11.7 Å². The molecule has 1 saturated heterocycles. The lowest BCUT2D eigenvalue weighted by Crippen LogP contribution is -2.21. The van der Waals surface area contributed by atoms with E-state index in [2.05, 4.69) is 10.4 Å². The minimum absolute atomic E-state index is 0.0579. The van der Waals surface area contributed by atoms with Crippen LogP contribution in [0, 0.1) is 5.21 Å². The molecule has 4 heteroatoms. The molecule has 1 heterocycles. The van der Waals surface area contributed by atoms with Crippen LogP contribution in [0.25, 0.3) is 0 Å². The summed E-state index contributed by atoms with van der Waals surface area (Å²) in [6.45, 7) is 0. The van der Waals surface area contributed by atoms with Gasteiger partial charge in [0, 0.05) is 0 Å². The molecule has 0 spiro atoms. The van der Waals surface area contributed by atoms with Gasteiger partial charge < -0.3 is 10.4 Å². The van der Waals surface area contributed by atoms with Gasteiger partial charge in [-0.05, 0) is 12.5 Å². The molecule has 0 saturated carbocycles. The third-order valence-electron chi connectivity index (χ3n) is 1.62. The van der Waals surface area contributed by atoms with Gasteiger partial charge in [-0.2, -0.15) is 10.4 Å². The van der Waals surface area contributed by atoms with Crippen LogP contribution in [-0.4, -0.2) is 11.3 Å². The summed E-state index contributed by atoms with van der Waals surface area (Å²) >= 11 is 0. The first kappa shape index (κ1) is 5.91. The first-order chi connectivity index (χ1) is 4.88. The molecular formula is C6H7N2O2-. The van der Waals surface area contributed by atoms with Crippen LogP contribution < -0.4 is 5.48 Å². The van der Waals surface area contributed by atoms with E-state index in [1.807, 2.05) is 12.2 Å². The van der Waals surface area contributed by atoms with Crippen LogP contribution in [-0.2, 0) is 4.94 Å². The molecule has 54 valence electrons. The Labute approximate surface area is 58.3 Å². The van der Waals surface area contributed by atoms with Gasteiger partial charge in [-0.3, -0.25) is 0 Å². The van der Waals surface area contributed by atoms with Gasteiger partial charge >= 0.3 is 0 Å². The molecule has 0 aromatic carbocycles. The van der Waals surface area contributed by atoms with Crippen LogP contribution in [0.4, 0.5) is 0 Å². The zero-order valence-electron chi connectivity index (χ0n) is 5.28. The van der Waals surface area contributed by atoms with Crippen molar-refractivity contribution in [3.05, 3.63) is 29.1 Å². The van der Waals surface area contributed by atoms with E-state index in [1.165, 1.54) is 0 Å². The summed E-state index contributed by atoms with van der Waals surface area (Å²) in [5.41, 5.74) is 3.26. The van der Waals surface area contributed by atoms with Gasteiger partial charge in [-0.25, -0.2) is 0 Å². The van der Waals surface area contributed by atoms with Crippen molar-refractivity contribution in [3.8, 4) is 0 Å². The minimum Gasteiger partial charge on any atom is -0.732 e. The first-order valence-electron chi connectivity index (χ1n) is 3.14. The molecule has 1 fully saturated rings. The van der Waals surface area contributed by atoms with Crippen LogP contribution in [0.3, 0.4) is 0 Å². The molecule has 0 amide bonds. The van der Waals surface area contributed by atoms with Crippen LogP contribution in [0.15, 0.2) is 23.9 Å². The molecule has 0 aromatic heterocycles. The molecule has 0 bridgehead atoms. The second-order valence-corrected chi connectivity index (χ2v) is 2.27. The first-order valence-corrected chi connectivity index (χ1v) is 3.14. The minimum atomic E-state index is 0.0579. The summed E-state index contributed by atoms with van der Waals surface area (Å²) in [5, 5.41) is 11.2. The van der Waals surface area contributed by atoms with Crippen molar-refractivity contribution in [1.82, 2.24) is 10.7 Å². The van der Waals surface area contributed by atoms with Crippen LogP contribution >= 0.6 is 0 Å². The molecule has 1 atom stereocenters. The Morgan fingerprint density at radius 2 is 2.70 bits per heavy atom. The van der Waals surface area contributed by atoms with E-state index in [0.29, 0.717) is 10.9 Å². The molecule has 1 unspecified atom stereocenters. The number of fused-ring (bicyclic) bond motifs is 1. The smallest absolute Gasteiger partial charge is 0.0793 e. The molecule has 10 heavy (non-hydrogen) atoms. The number of hydrogen-bond donors (Lipinski definition) is 1. The van der Waals surface area contributed by atoms with Crippen molar-refractivity contribution in [3.63, 3.8) is 0 Å². The van der Waals surface area contributed by atoms with Crippen molar-refractivity contribution >= 4 is 0 Å². The molecule has 2 rings (SSSR count). The van der Waals surface area contributed by atoms with Gasteiger partial charge in [-0.1, -0.05) is 12.2 Å². The largest absolute Gasteiger partial charge is 0.732 e. The second-order valence-electron chi connectivity index (χ2n) is 2.27. The van der Waals surface area contributed by atoms with Gasteiger partial charge in [0.15, 0.2) is 0 Å². The van der Waals surface area contributed by atoms with E-state index in [4.69, 9.17) is 0 Å². The normalized spacial score (nSPS) is 30.3. The van der Waals surface area contributed by atoms with E-state index < -0.39 is 0 Å². The summed E-state index contributed by atoms with van der Waals surface area (Å²) < 4.78 is 0. The highest BCUT2D eigenvalue weighted by Gasteiger charge is 2.23. The van der Waals surface area contributed by atoms with Crippen molar-refractivity contribution in [2.24, 2.45) is 0 Å². The van der Waals surface area contributed by atoms with Crippen molar-refractivity contribution in [1.29, 1.82) is 0 Å². The summed E-state index contributed by atoms with van der Waals surface area (Å²) in [7, 11) is 0.